The van der Waals surface area contributed by atoms with Gasteiger partial charge in [-0.1, -0.05) is 0 Å². The standard InChI is InChI=1S/C15H14N4O3/c1-21-14-6-11(2-5-17-14)9-22-15(20)13-8-19-10-16-4-3-12(19)7-18-13/h2-7,10H,8-9H2,1H3. The summed E-state index contributed by atoms with van der Waals surface area (Å²) in [5, 5.41) is 0. The number of pyridine rings is 1. The van der Waals surface area contributed by atoms with Crippen molar-refractivity contribution in [1.82, 2.24) is 9.88 Å². The van der Waals surface area contributed by atoms with Gasteiger partial charge in [-0.05, 0) is 17.7 Å². The molecular weight excluding hydrogens is 284 g/mol. The molecule has 3 heterocycles. The second kappa shape index (κ2) is 6.21. The molecule has 1 aromatic rings. The molecule has 1 aromatic heterocycles. The molecule has 0 amide bonds. The Morgan fingerprint density at radius 2 is 2.36 bits per heavy atom. The molecule has 112 valence electrons. The smallest absolute Gasteiger partial charge is 0.354 e. The summed E-state index contributed by atoms with van der Waals surface area (Å²) in [6.45, 7) is 0.486. The van der Waals surface area contributed by atoms with Crippen LogP contribution in [0.15, 0.2) is 52.5 Å². The van der Waals surface area contributed by atoms with Crippen molar-refractivity contribution in [3.63, 3.8) is 0 Å². The number of esters is 1. The first-order chi connectivity index (χ1) is 10.8. The van der Waals surface area contributed by atoms with Gasteiger partial charge >= 0.3 is 5.97 Å². The number of aliphatic imine (C=N–C) groups is 2. The van der Waals surface area contributed by atoms with Gasteiger partial charge in [0.05, 0.1) is 31.9 Å². The molecule has 3 rings (SSSR count). The van der Waals surface area contributed by atoms with Crippen LogP contribution in [0.2, 0.25) is 0 Å². The van der Waals surface area contributed by atoms with E-state index in [9.17, 15) is 4.79 Å². The molecule has 2 aliphatic rings. The van der Waals surface area contributed by atoms with E-state index in [2.05, 4.69) is 15.0 Å². The lowest BCUT2D eigenvalue weighted by Gasteiger charge is -2.25. The topological polar surface area (TPSA) is 76.4 Å². The number of fused-ring (bicyclic) bond motifs is 1. The Morgan fingerprint density at radius 1 is 1.45 bits per heavy atom. The lowest BCUT2D eigenvalue weighted by Crippen LogP contribution is -2.35. The van der Waals surface area contributed by atoms with Crippen molar-refractivity contribution < 1.29 is 14.3 Å². The molecule has 7 heteroatoms. The van der Waals surface area contributed by atoms with Crippen molar-refractivity contribution in [1.29, 1.82) is 0 Å². The summed E-state index contributed by atoms with van der Waals surface area (Å²) in [6, 6.07) is 3.48. The minimum atomic E-state index is -0.450. The monoisotopic (exact) mass is 298 g/mol. The maximum absolute atomic E-state index is 12.1. The number of carbonyl (C=O) groups is 1. The van der Waals surface area contributed by atoms with Gasteiger partial charge in [-0.2, -0.15) is 0 Å². The zero-order valence-corrected chi connectivity index (χ0v) is 12.0. The Morgan fingerprint density at radius 3 is 3.23 bits per heavy atom. The van der Waals surface area contributed by atoms with E-state index in [4.69, 9.17) is 9.47 Å². The van der Waals surface area contributed by atoms with Gasteiger partial charge in [0.15, 0.2) is 0 Å². The van der Waals surface area contributed by atoms with E-state index in [0.717, 1.165) is 11.3 Å². The normalized spacial score (nSPS) is 15.8. The maximum Gasteiger partial charge on any atom is 0.354 e. The lowest BCUT2D eigenvalue weighted by molar-refractivity contribution is -0.136. The zero-order chi connectivity index (χ0) is 15.4. The highest BCUT2D eigenvalue weighted by Gasteiger charge is 2.21. The molecule has 2 aliphatic heterocycles. The summed E-state index contributed by atoms with van der Waals surface area (Å²) < 4.78 is 10.3. The number of carbonyl (C=O) groups excluding carboxylic acids is 1. The molecule has 0 saturated carbocycles. The number of methoxy groups -OCH3 is 1. The van der Waals surface area contributed by atoms with E-state index in [-0.39, 0.29) is 6.61 Å². The molecule has 0 atom stereocenters. The van der Waals surface area contributed by atoms with Crippen molar-refractivity contribution in [3.05, 3.63) is 48.1 Å². The van der Waals surface area contributed by atoms with Crippen molar-refractivity contribution in [2.45, 2.75) is 6.61 Å². The highest BCUT2D eigenvalue weighted by Crippen LogP contribution is 2.14. The first-order valence-electron chi connectivity index (χ1n) is 6.65. The Balaban J connectivity index is 1.63. The summed E-state index contributed by atoms with van der Waals surface area (Å²) >= 11 is 0. The number of nitrogens with zero attached hydrogens (tertiary/aromatic N) is 4. The predicted octanol–water partition coefficient (Wildman–Crippen LogP) is 1.29. The molecular formula is C15H14N4O3. The summed E-state index contributed by atoms with van der Waals surface area (Å²) in [5.74, 6) is 0.0291. The molecule has 0 bridgehead atoms. The van der Waals surface area contributed by atoms with Gasteiger partial charge in [0.1, 0.15) is 12.3 Å². The number of ether oxygens (including phenoxy) is 2. The van der Waals surface area contributed by atoms with Crippen LogP contribution in [0.1, 0.15) is 5.56 Å². The van der Waals surface area contributed by atoms with Crippen LogP contribution in [-0.4, -0.2) is 41.6 Å². The molecule has 7 nitrogen and oxygen atoms in total. The molecule has 0 unspecified atom stereocenters. The fraction of sp³-hybridized carbons (Fsp3) is 0.200. The number of aromatic nitrogens is 1. The fourth-order valence-corrected chi connectivity index (χ4v) is 2.00. The minimum Gasteiger partial charge on any atom is -0.481 e. The predicted molar refractivity (Wildman–Crippen MR) is 80.4 cm³/mol. The maximum atomic E-state index is 12.1. The number of rotatable bonds is 4. The number of hydrogen-bond donors (Lipinski definition) is 0. The van der Waals surface area contributed by atoms with Crippen LogP contribution in [-0.2, 0) is 16.1 Å². The second-order valence-electron chi connectivity index (χ2n) is 4.62. The third-order valence-electron chi connectivity index (χ3n) is 3.16. The molecule has 0 spiro atoms. The highest BCUT2D eigenvalue weighted by molar-refractivity contribution is 6.38. The van der Waals surface area contributed by atoms with Crippen LogP contribution < -0.4 is 4.74 Å². The zero-order valence-electron chi connectivity index (χ0n) is 12.0. The fourth-order valence-electron chi connectivity index (χ4n) is 2.00. The highest BCUT2D eigenvalue weighted by atomic mass is 16.5. The van der Waals surface area contributed by atoms with Crippen LogP contribution in [0.25, 0.3) is 0 Å². The van der Waals surface area contributed by atoms with Crippen LogP contribution in [0.5, 0.6) is 5.88 Å². The summed E-state index contributed by atoms with van der Waals surface area (Å²) in [7, 11) is 1.54. The third-order valence-corrected chi connectivity index (χ3v) is 3.16. The van der Waals surface area contributed by atoms with Crippen LogP contribution in [0.3, 0.4) is 0 Å². The number of hydrogen-bond acceptors (Lipinski definition) is 7. The van der Waals surface area contributed by atoms with E-state index in [1.54, 1.807) is 37.1 Å². The molecule has 0 aromatic carbocycles. The third kappa shape index (κ3) is 3.03. The molecule has 0 aliphatic carbocycles. The number of allylic oxidation sites excluding steroid dienone is 1. The largest absolute Gasteiger partial charge is 0.481 e. The first kappa shape index (κ1) is 14.0. The first-order valence-corrected chi connectivity index (χ1v) is 6.65. The van der Waals surface area contributed by atoms with Crippen molar-refractivity contribution >= 4 is 18.0 Å². The van der Waals surface area contributed by atoms with Gasteiger partial charge in [0.25, 0.3) is 0 Å². The molecule has 0 saturated heterocycles. The van der Waals surface area contributed by atoms with Gasteiger partial charge in [-0.25, -0.2) is 19.8 Å². The van der Waals surface area contributed by atoms with Crippen molar-refractivity contribution in [2.24, 2.45) is 9.98 Å². The van der Waals surface area contributed by atoms with Crippen LogP contribution in [0, 0.1) is 0 Å². The molecule has 0 radical (unpaired) electrons. The van der Waals surface area contributed by atoms with E-state index >= 15 is 0 Å². The second-order valence-corrected chi connectivity index (χ2v) is 4.62. The molecule has 22 heavy (non-hydrogen) atoms. The van der Waals surface area contributed by atoms with Gasteiger partial charge in [0.2, 0.25) is 5.88 Å². The van der Waals surface area contributed by atoms with E-state index < -0.39 is 5.97 Å². The lowest BCUT2D eigenvalue weighted by atomic mass is 10.2. The Kier molecular flexibility index (Phi) is 3.95. The molecule has 0 fully saturated rings. The Hall–Kier alpha value is -2.96. The van der Waals surface area contributed by atoms with E-state index in [1.165, 1.54) is 7.11 Å². The SMILES string of the molecule is COc1cc(COC(=O)C2=NC=C3C=CN=CN3C2)ccn1. The van der Waals surface area contributed by atoms with Gasteiger partial charge in [-0.15, -0.1) is 0 Å². The quantitative estimate of drug-likeness (QED) is 0.783. The summed E-state index contributed by atoms with van der Waals surface area (Å²) in [6.07, 6.45) is 8.39. The Labute approximate surface area is 127 Å². The van der Waals surface area contributed by atoms with E-state index in [1.807, 2.05) is 11.0 Å². The van der Waals surface area contributed by atoms with Crippen molar-refractivity contribution in [3.8, 4) is 5.88 Å². The summed E-state index contributed by atoms with van der Waals surface area (Å²) in [5.41, 5.74) is 2.03. The summed E-state index contributed by atoms with van der Waals surface area (Å²) in [4.78, 5) is 26.1. The average Bonchev–Trinajstić information content (AvgIpc) is 2.59. The Bertz CT molecular complexity index is 706. The van der Waals surface area contributed by atoms with Crippen molar-refractivity contribution in [2.75, 3.05) is 13.7 Å². The van der Waals surface area contributed by atoms with Crippen LogP contribution >= 0.6 is 0 Å². The minimum absolute atomic E-state index is 0.140. The van der Waals surface area contributed by atoms with E-state index in [0.29, 0.717) is 18.1 Å². The van der Waals surface area contributed by atoms with Gasteiger partial charge in [-0.3, -0.25) is 0 Å². The van der Waals surface area contributed by atoms with Crippen LogP contribution in [0.4, 0.5) is 0 Å². The average molecular weight is 298 g/mol. The van der Waals surface area contributed by atoms with Gasteiger partial charge < -0.3 is 14.4 Å². The molecule has 0 N–H and O–H groups in total. The van der Waals surface area contributed by atoms with Gasteiger partial charge in [0, 0.05) is 18.5 Å².